The van der Waals surface area contributed by atoms with Crippen LogP contribution in [0.25, 0.3) is 0 Å². The molecule has 0 radical (unpaired) electrons. The van der Waals surface area contributed by atoms with Crippen molar-refractivity contribution in [1.29, 1.82) is 0 Å². The molecule has 2 N–H and O–H groups in total. The van der Waals surface area contributed by atoms with Crippen molar-refractivity contribution in [2.24, 2.45) is 5.73 Å². The first kappa shape index (κ1) is 17.4. The molecule has 0 unspecified atom stereocenters. The zero-order valence-corrected chi connectivity index (χ0v) is 10.5. The van der Waals surface area contributed by atoms with Gasteiger partial charge in [0, 0.05) is 5.56 Å². The third-order valence-electron chi connectivity index (χ3n) is 2.11. The number of nitrogens with two attached hydrogens (primary N) is 1. The maximum Gasteiger partial charge on any atom is 0.434 e. The molecule has 2 nitrogen and oxygen atoms in total. The van der Waals surface area contributed by atoms with Gasteiger partial charge in [0.15, 0.2) is 17.4 Å². The van der Waals surface area contributed by atoms with Gasteiger partial charge in [-0.05, 0) is 12.1 Å². The van der Waals surface area contributed by atoms with E-state index in [1.807, 2.05) is 0 Å². The van der Waals surface area contributed by atoms with E-state index in [0.29, 0.717) is 12.1 Å². The van der Waals surface area contributed by atoms with Crippen LogP contribution in [0.15, 0.2) is 12.1 Å². The van der Waals surface area contributed by atoms with Gasteiger partial charge in [-0.15, -0.1) is 0 Å². The average Bonchev–Trinajstić information content (AvgIpc) is 2.23. The molecule has 0 saturated carbocycles. The fourth-order valence-corrected chi connectivity index (χ4v) is 1.37. The number of rotatable bonds is 3. The number of hydrogen-bond acceptors (Lipinski definition) is 2. The minimum Gasteiger partial charge on any atom is -0.465 e. The topological polar surface area (TPSA) is 35.2 Å². The SMILES string of the molecule is NC(=S)c1cc(F)c(OC(C(F)(F)F)C(F)(F)F)c(F)c1. The quantitative estimate of drug-likeness (QED) is 0.677. The maximum absolute atomic E-state index is 13.4. The van der Waals surface area contributed by atoms with Gasteiger partial charge in [-0.3, -0.25) is 0 Å². The lowest BCUT2D eigenvalue weighted by Gasteiger charge is -2.24. The molecule has 118 valence electrons. The molecule has 0 aromatic heterocycles. The molecule has 0 fully saturated rings. The van der Waals surface area contributed by atoms with Gasteiger partial charge >= 0.3 is 12.4 Å². The van der Waals surface area contributed by atoms with Crippen LogP contribution < -0.4 is 10.5 Å². The zero-order valence-electron chi connectivity index (χ0n) is 9.65. The Bertz CT molecular complexity index is 516. The minimum atomic E-state index is -5.90. The van der Waals surface area contributed by atoms with Gasteiger partial charge in [0.25, 0.3) is 6.10 Å². The number of halogens is 8. The monoisotopic (exact) mass is 339 g/mol. The summed E-state index contributed by atoms with van der Waals surface area (Å²) in [5.41, 5.74) is 4.62. The summed E-state index contributed by atoms with van der Waals surface area (Å²) in [5.74, 6) is -5.41. The first-order chi connectivity index (χ1) is 9.34. The van der Waals surface area contributed by atoms with Gasteiger partial charge in [-0.1, -0.05) is 12.2 Å². The largest absolute Gasteiger partial charge is 0.465 e. The lowest BCUT2D eigenvalue weighted by atomic mass is 10.2. The summed E-state index contributed by atoms with van der Waals surface area (Å²) in [6.45, 7) is 0. The van der Waals surface area contributed by atoms with Gasteiger partial charge < -0.3 is 10.5 Å². The molecule has 1 rings (SSSR count). The summed E-state index contributed by atoms with van der Waals surface area (Å²) in [6, 6.07) is 0.731. The average molecular weight is 339 g/mol. The summed E-state index contributed by atoms with van der Waals surface area (Å²) in [6.07, 6.45) is -16.2. The van der Waals surface area contributed by atoms with Crippen molar-refractivity contribution in [3.8, 4) is 5.75 Å². The Morgan fingerprint density at radius 3 is 1.67 bits per heavy atom. The number of hydrogen-bond donors (Lipinski definition) is 1. The molecule has 0 heterocycles. The van der Waals surface area contributed by atoms with Crippen molar-refractivity contribution in [2.75, 3.05) is 0 Å². The van der Waals surface area contributed by atoms with Crippen LogP contribution in [0.3, 0.4) is 0 Å². The van der Waals surface area contributed by atoms with E-state index < -0.39 is 46.4 Å². The van der Waals surface area contributed by atoms with Crippen LogP contribution >= 0.6 is 12.2 Å². The van der Waals surface area contributed by atoms with E-state index in [1.165, 1.54) is 0 Å². The van der Waals surface area contributed by atoms with Crippen LogP contribution in [0.1, 0.15) is 5.56 Å². The second-order valence-electron chi connectivity index (χ2n) is 3.71. The molecule has 0 aliphatic heterocycles. The first-order valence-corrected chi connectivity index (χ1v) is 5.33. The molecule has 11 heteroatoms. The lowest BCUT2D eigenvalue weighted by Crippen LogP contribution is -2.46. The third-order valence-corrected chi connectivity index (χ3v) is 2.35. The Morgan fingerprint density at radius 1 is 1.00 bits per heavy atom. The van der Waals surface area contributed by atoms with Crippen molar-refractivity contribution in [1.82, 2.24) is 0 Å². The molecular weight excluding hydrogens is 334 g/mol. The second-order valence-corrected chi connectivity index (χ2v) is 4.15. The molecule has 1 aromatic rings. The van der Waals surface area contributed by atoms with Gasteiger partial charge in [0.05, 0.1) is 0 Å². The molecular formula is C10H5F8NOS. The number of thiocarbonyl (C=S) groups is 1. The summed E-state index contributed by atoms with van der Waals surface area (Å²) in [7, 11) is 0. The number of benzene rings is 1. The summed E-state index contributed by atoms with van der Waals surface area (Å²) in [4.78, 5) is -0.498. The standard InChI is InChI=1S/C10H5F8NOS/c11-4-1-3(7(19)21)2-5(12)6(4)20-8(9(13,14)15)10(16,17)18/h1-2,8H,(H2,19,21). The minimum absolute atomic E-state index is 0.366. The van der Waals surface area contributed by atoms with E-state index in [4.69, 9.17) is 5.73 Å². The molecule has 0 spiro atoms. The highest BCUT2D eigenvalue weighted by Gasteiger charge is 2.59. The molecule has 0 aliphatic carbocycles. The van der Waals surface area contributed by atoms with E-state index in [9.17, 15) is 35.1 Å². The predicted octanol–water partition coefficient (Wildman–Crippen LogP) is 3.47. The molecule has 0 bridgehead atoms. The molecule has 0 saturated heterocycles. The van der Waals surface area contributed by atoms with Crippen molar-refractivity contribution in [3.05, 3.63) is 29.3 Å². The van der Waals surface area contributed by atoms with E-state index in [-0.39, 0.29) is 0 Å². The smallest absolute Gasteiger partial charge is 0.434 e. The van der Waals surface area contributed by atoms with Crippen molar-refractivity contribution in [3.63, 3.8) is 0 Å². The fourth-order valence-electron chi connectivity index (χ4n) is 1.25. The van der Waals surface area contributed by atoms with E-state index in [1.54, 1.807) is 0 Å². The summed E-state index contributed by atoms with van der Waals surface area (Å²) in [5, 5.41) is 0. The molecule has 21 heavy (non-hydrogen) atoms. The second kappa shape index (κ2) is 5.62. The van der Waals surface area contributed by atoms with E-state index >= 15 is 0 Å². The van der Waals surface area contributed by atoms with Gasteiger partial charge in [0.1, 0.15) is 4.99 Å². The summed E-state index contributed by atoms with van der Waals surface area (Å²) >= 11 is 4.37. The first-order valence-electron chi connectivity index (χ1n) is 4.93. The Labute approximate surface area is 117 Å². The van der Waals surface area contributed by atoms with Crippen LogP contribution in [0.2, 0.25) is 0 Å². The number of ether oxygens (including phenoxy) is 1. The van der Waals surface area contributed by atoms with E-state index in [0.717, 1.165) is 0 Å². The van der Waals surface area contributed by atoms with Gasteiger partial charge in [0.2, 0.25) is 0 Å². The highest BCUT2D eigenvalue weighted by Crippen LogP contribution is 2.38. The third kappa shape index (κ3) is 4.16. The maximum atomic E-state index is 13.4. The van der Waals surface area contributed by atoms with Gasteiger partial charge in [-0.25, -0.2) is 8.78 Å². The van der Waals surface area contributed by atoms with Crippen LogP contribution in [-0.2, 0) is 0 Å². The zero-order chi connectivity index (χ0) is 16.6. The molecule has 0 aliphatic rings. The number of alkyl halides is 6. The predicted molar refractivity (Wildman–Crippen MR) is 58.8 cm³/mol. The molecule has 0 amide bonds. The highest BCUT2D eigenvalue weighted by atomic mass is 32.1. The Morgan fingerprint density at radius 2 is 1.38 bits per heavy atom. The van der Waals surface area contributed by atoms with Crippen molar-refractivity contribution in [2.45, 2.75) is 18.5 Å². The molecule has 0 atom stereocenters. The van der Waals surface area contributed by atoms with Crippen LogP contribution in [-0.4, -0.2) is 23.4 Å². The summed E-state index contributed by atoms with van der Waals surface area (Å²) < 4.78 is 104. The lowest BCUT2D eigenvalue weighted by molar-refractivity contribution is -0.300. The van der Waals surface area contributed by atoms with Gasteiger partial charge in [-0.2, -0.15) is 26.3 Å². The van der Waals surface area contributed by atoms with Crippen molar-refractivity contribution >= 4 is 17.2 Å². The van der Waals surface area contributed by atoms with Crippen LogP contribution in [0, 0.1) is 11.6 Å². The highest BCUT2D eigenvalue weighted by molar-refractivity contribution is 7.80. The van der Waals surface area contributed by atoms with Crippen LogP contribution in [0.4, 0.5) is 35.1 Å². The molecule has 1 aromatic carbocycles. The fraction of sp³-hybridized carbons (Fsp3) is 0.300. The van der Waals surface area contributed by atoms with E-state index in [2.05, 4.69) is 17.0 Å². The normalized spacial score (nSPS) is 12.6. The Balaban J connectivity index is 3.26. The van der Waals surface area contributed by atoms with Crippen molar-refractivity contribution < 1.29 is 39.9 Å². The Hall–Kier alpha value is -1.65. The Kier molecular flexibility index (Phi) is 4.66. The van der Waals surface area contributed by atoms with Crippen LogP contribution in [0.5, 0.6) is 5.75 Å².